The summed E-state index contributed by atoms with van der Waals surface area (Å²) in [6.45, 7) is 3.67. The first-order valence-corrected chi connectivity index (χ1v) is 26.1. The van der Waals surface area contributed by atoms with Crippen LogP contribution in [0.4, 0.5) is 20.2 Å². The van der Waals surface area contributed by atoms with Crippen LogP contribution in [0.1, 0.15) is 25.0 Å². The van der Waals surface area contributed by atoms with Gasteiger partial charge in [-0.2, -0.15) is 10.5 Å². The van der Waals surface area contributed by atoms with Gasteiger partial charge in [0.15, 0.2) is 0 Å². The lowest BCUT2D eigenvalue weighted by Crippen LogP contribution is -2.32. The standard InChI is InChI=1S/2C26H23FN6O5S/c2*1-15(24(34)29-2)13-33-14-31-22-7-4-16(9-20(22)26(33)35)18-10-23(25(38-3)30-12-18)32-39(36,37)19-5-6-21(27)17(8-19)11-28/h2*4-10,12,14-15,32H,13H2,1-3H3,(H,29,34)/t2*15-/m10/s1. The number of pyridine rings is 2. The predicted molar refractivity (Wildman–Crippen MR) is 282 cm³/mol. The number of nitrogens with zero attached hydrogens (tertiary/aromatic N) is 8. The van der Waals surface area contributed by atoms with Crippen LogP contribution in [-0.4, -0.2) is 86.0 Å². The molecule has 26 heteroatoms. The van der Waals surface area contributed by atoms with Gasteiger partial charge in [-0.15, -0.1) is 0 Å². The van der Waals surface area contributed by atoms with Crippen molar-refractivity contribution in [3.63, 3.8) is 0 Å². The molecule has 2 amide bonds. The maximum Gasteiger partial charge on any atom is 0.262 e. The minimum Gasteiger partial charge on any atom is -0.480 e. The van der Waals surface area contributed by atoms with Gasteiger partial charge in [0, 0.05) is 50.7 Å². The van der Waals surface area contributed by atoms with Gasteiger partial charge in [0.05, 0.1) is 81.4 Å². The van der Waals surface area contributed by atoms with Crippen molar-refractivity contribution in [2.75, 3.05) is 37.8 Å². The van der Waals surface area contributed by atoms with Gasteiger partial charge >= 0.3 is 0 Å². The topological polar surface area (TPSA) is 312 Å². The van der Waals surface area contributed by atoms with E-state index in [2.05, 4.69) is 40.0 Å². The highest BCUT2D eigenvalue weighted by Crippen LogP contribution is 2.33. The van der Waals surface area contributed by atoms with Gasteiger partial charge in [0.2, 0.25) is 23.6 Å². The Bertz CT molecular complexity index is 3860. The number of aromatic nitrogens is 6. The summed E-state index contributed by atoms with van der Waals surface area (Å²) >= 11 is 0. The van der Waals surface area contributed by atoms with Crippen molar-refractivity contribution in [3.05, 3.63) is 153 Å². The van der Waals surface area contributed by atoms with Gasteiger partial charge in [-0.25, -0.2) is 45.6 Å². The summed E-state index contributed by atoms with van der Waals surface area (Å²) in [5.74, 6) is -3.07. The number of halogens is 2. The number of fused-ring (bicyclic) bond motifs is 2. The molecular weight excluding hydrogens is 1050 g/mol. The van der Waals surface area contributed by atoms with Crippen LogP contribution in [0, 0.1) is 46.1 Å². The van der Waals surface area contributed by atoms with Crippen molar-refractivity contribution in [1.29, 1.82) is 10.5 Å². The number of carbonyl (C=O) groups excluding carboxylic acids is 2. The quantitative estimate of drug-likeness (QED) is 0.0951. The van der Waals surface area contributed by atoms with Crippen molar-refractivity contribution >= 4 is 65.0 Å². The third kappa shape index (κ3) is 12.2. The zero-order valence-electron chi connectivity index (χ0n) is 42.2. The summed E-state index contributed by atoms with van der Waals surface area (Å²) in [7, 11) is -2.82. The molecule has 8 rings (SSSR count). The molecule has 0 saturated carbocycles. The molecule has 2 atom stereocenters. The number of anilines is 2. The van der Waals surface area contributed by atoms with E-state index in [1.807, 2.05) is 0 Å². The number of ether oxygens (including phenoxy) is 2. The summed E-state index contributed by atoms with van der Waals surface area (Å²) in [4.78, 5) is 66.5. The number of amides is 2. The number of benzene rings is 4. The van der Waals surface area contributed by atoms with Crippen LogP contribution in [0.15, 0.2) is 129 Å². The minimum absolute atomic E-state index is 0.0130. The van der Waals surface area contributed by atoms with E-state index in [-0.39, 0.29) is 68.9 Å². The van der Waals surface area contributed by atoms with E-state index in [0.717, 1.165) is 36.4 Å². The molecule has 0 radical (unpaired) electrons. The first-order valence-electron chi connectivity index (χ1n) is 23.1. The van der Waals surface area contributed by atoms with Crippen molar-refractivity contribution < 1.29 is 44.7 Å². The summed E-state index contributed by atoms with van der Waals surface area (Å²) in [6.07, 6.45) is 5.68. The molecule has 0 aliphatic rings. The Morgan fingerprint density at radius 1 is 0.590 bits per heavy atom. The zero-order chi connectivity index (χ0) is 56.6. The van der Waals surface area contributed by atoms with Crippen molar-refractivity contribution in [2.24, 2.45) is 11.8 Å². The number of hydrogen-bond donors (Lipinski definition) is 4. The molecule has 0 bridgehead atoms. The zero-order valence-corrected chi connectivity index (χ0v) is 43.8. The fourth-order valence-corrected chi connectivity index (χ4v) is 9.95. The van der Waals surface area contributed by atoms with Crippen LogP contribution in [0.25, 0.3) is 44.1 Å². The fraction of sp³-hybridized carbons (Fsp3) is 0.192. The number of hydrogen-bond acceptors (Lipinski definition) is 16. The Hall–Kier alpha value is -9.66. The van der Waals surface area contributed by atoms with Crippen LogP contribution in [0.2, 0.25) is 0 Å². The molecule has 0 aliphatic heterocycles. The van der Waals surface area contributed by atoms with Crippen LogP contribution in [-0.2, 0) is 42.7 Å². The first kappa shape index (κ1) is 56.1. The Labute approximate surface area is 444 Å². The van der Waals surface area contributed by atoms with Crippen LogP contribution in [0.5, 0.6) is 11.8 Å². The Morgan fingerprint density at radius 3 is 1.32 bits per heavy atom. The van der Waals surface area contributed by atoms with Gasteiger partial charge in [-0.3, -0.25) is 37.8 Å². The second-order valence-corrected chi connectivity index (χ2v) is 20.5. The maximum absolute atomic E-state index is 13.7. The fourth-order valence-electron chi connectivity index (χ4n) is 7.80. The maximum atomic E-state index is 13.7. The normalized spacial score (nSPS) is 12.0. The average molecular weight is 1100 g/mol. The van der Waals surface area contributed by atoms with E-state index in [9.17, 15) is 44.8 Å². The highest BCUT2D eigenvalue weighted by atomic mass is 32.2. The van der Waals surface area contributed by atoms with E-state index < -0.39 is 54.6 Å². The highest BCUT2D eigenvalue weighted by molar-refractivity contribution is 7.93. The third-order valence-electron chi connectivity index (χ3n) is 12.0. The number of nitriles is 2. The molecular formula is C52H46F2N12O10S2. The summed E-state index contributed by atoms with van der Waals surface area (Å²) in [6, 6.07) is 21.8. The van der Waals surface area contributed by atoms with E-state index in [1.54, 1.807) is 62.4 Å². The van der Waals surface area contributed by atoms with Crippen LogP contribution in [0.3, 0.4) is 0 Å². The van der Waals surface area contributed by atoms with Crippen molar-refractivity contribution in [3.8, 4) is 46.2 Å². The van der Waals surface area contributed by atoms with Crippen molar-refractivity contribution in [1.82, 2.24) is 39.7 Å². The number of sulfonamides is 2. The molecule has 0 unspecified atom stereocenters. The van der Waals surface area contributed by atoms with Crippen LogP contribution >= 0.6 is 0 Å². The molecule has 8 aromatic rings. The van der Waals surface area contributed by atoms with E-state index in [0.29, 0.717) is 44.1 Å². The lowest BCUT2D eigenvalue weighted by atomic mass is 10.0. The van der Waals surface area contributed by atoms with Crippen molar-refractivity contribution in [2.45, 2.75) is 36.7 Å². The molecule has 0 aliphatic carbocycles. The van der Waals surface area contributed by atoms with E-state index in [1.165, 1.54) is 74.6 Å². The summed E-state index contributed by atoms with van der Waals surface area (Å²) in [5, 5.41) is 23.8. The summed E-state index contributed by atoms with van der Waals surface area (Å²) < 4.78 is 97.3. The molecule has 4 aromatic carbocycles. The second kappa shape index (κ2) is 23.5. The Morgan fingerprint density at radius 2 is 0.974 bits per heavy atom. The number of methoxy groups -OCH3 is 2. The van der Waals surface area contributed by atoms with Gasteiger partial charge in [-0.05, 0) is 83.9 Å². The monoisotopic (exact) mass is 1100 g/mol. The van der Waals surface area contributed by atoms with Gasteiger partial charge in [0.25, 0.3) is 31.2 Å². The molecule has 4 aromatic heterocycles. The third-order valence-corrected chi connectivity index (χ3v) is 14.7. The SMILES string of the molecule is CNC(=O)[C@@H](C)Cn1cnc2ccc(-c3cnc(OC)c(NS(=O)(=O)c4ccc(F)c(C#N)c4)c3)cc2c1=O.CNC(=O)[C@H](C)Cn1cnc2ccc(-c3cnc(OC)c(NS(=O)(=O)c4ccc(F)c(C#N)c4)c3)cc2c1=O. The molecule has 0 saturated heterocycles. The average Bonchev–Trinajstić information content (AvgIpc) is 3.50. The van der Waals surface area contributed by atoms with E-state index in [4.69, 9.17) is 20.0 Å². The largest absolute Gasteiger partial charge is 0.480 e. The number of carbonyl (C=O) groups is 2. The minimum atomic E-state index is -4.25. The van der Waals surface area contributed by atoms with E-state index >= 15 is 0 Å². The lowest BCUT2D eigenvalue weighted by Gasteiger charge is -2.14. The Kier molecular flexibility index (Phi) is 16.9. The Balaban J connectivity index is 0.000000226. The molecule has 0 spiro atoms. The second-order valence-electron chi connectivity index (χ2n) is 17.2. The molecule has 22 nitrogen and oxygen atoms in total. The molecule has 400 valence electrons. The first-order chi connectivity index (χ1) is 37.1. The molecule has 78 heavy (non-hydrogen) atoms. The number of rotatable bonds is 16. The predicted octanol–water partition coefficient (Wildman–Crippen LogP) is 5.32. The molecule has 4 N–H and O–H groups in total. The van der Waals surface area contributed by atoms with Gasteiger partial charge in [-0.1, -0.05) is 26.0 Å². The van der Waals surface area contributed by atoms with Gasteiger partial charge < -0.3 is 20.1 Å². The highest BCUT2D eigenvalue weighted by Gasteiger charge is 2.23. The number of nitrogens with one attached hydrogen (secondary N) is 4. The molecule has 0 fully saturated rings. The summed E-state index contributed by atoms with van der Waals surface area (Å²) in [5.41, 5.74) is 1.34. The smallest absolute Gasteiger partial charge is 0.262 e. The lowest BCUT2D eigenvalue weighted by molar-refractivity contribution is -0.125. The van der Waals surface area contributed by atoms with Crippen LogP contribution < -0.4 is 40.7 Å². The van der Waals surface area contributed by atoms with Gasteiger partial charge in [0.1, 0.15) is 35.1 Å². The molecule has 4 heterocycles.